The van der Waals surface area contributed by atoms with E-state index in [4.69, 9.17) is 14.2 Å². The lowest BCUT2D eigenvalue weighted by atomic mass is 10.0. The van der Waals surface area contributed by atoms with E-state index in [1.54, 1.807) is 13.2 Å². The molecule has 1 N–H and O–H groups in total. The van der Waals surface area contributed by atoms with E-state index in [1.807, 2.05) is 6.07 Å². The average molecular weight is 269 g/mol. The second-order valence-electron chi connectivity index (χ2n) is 4.53. The predicted molar refractivity (Wildman–Crippen MR) is 70.6 cm³/mol. The van der Waals surface area contributed by atoms with Gasteiger partial charge >= 0.3 is 0 Å². The zero-order valence-electron chi connectivity index (χ0n) is 11.5. The van der Waals surface area contributed by atoms with Crippen LogP contribution in [0, 0.1) is 0 Å². The Morgan fingerprint density at radius 3 is 2.68 bits per heavy atom. The van der Waals surface area contributed by atoms with Crippen molar-refractivity contribution < 1.29 is 18.6 Å². The molecule has 1 aliphatic rings. The van der Waals surface area contributed by atoms with Crippen LogP contribution in [-0.2, 0) is 4.74 Å². The number of hydrogen-bond acceptors (Lipinski definition) is 4. The molecule has 19 heavy (non-hydrogen) atoms. The number of nitrogens with one attached hydrogen (secondary N) is 1. The van der Waals surface area contributed by atoms with Crippen LogP contribution in [0.15, 0.2) is 12.1 Å². The van der Waals surface area contributed by atoms with Gasteiger partial charge in [0.05, 0.1) is 26.9 Å². The number of halogens is 1. The van der Waals surface area contributed by atoms with Gasteiger partial charge in [-0.3, -0.25) is 0 Å². The van der Waals surface area contributed by atoms with Crippen molar-refractivity contribution in [1.82, 2.24) is 5.32 Å². The van der Waals surface area contributed by atoms with Gasteiger partial charge in [0.2, 0.25) is 0 Å². The third kappa shape index (κ3) is 2.98. The molecular formula is C14H20FNO3. The molecule has 1 fully saturated rings. The van der Waals surface area contributed by atoms with Gasteiger partial charge in [0.15, 0.2) is 11.5 Å². The van der Waals surface area contributed by atoms with Gasteiger partial charge in [-0.25, -0.2) is 4.39 Å². The molecule has 1 aromatic rings. The molecule has 1 heterocycles. The molecule has 106 valence electrons. The lowest BCUT2D eigenvalue weighted by Crippen LogP contribution is -2.33. The van der Waals surface area contributed by atoms with E-state index in [-0.39, 0.29) is 6.10 Å². The Bertz CT molecular complexity index is 431. The van der Waals surface area contributed by atoms with Crippen LogP contribution in [0.5, 0.6) is 11.5 Å². The van der Waals surface area contributed by atoms with Crippen molar-refractivity contribution in [3.63, 3.8) is 0 Å². The summed E-state index contributed by atoms with van der Waals surface area (Å²) in [5.41, 5.74) is 1.40. The van der Waals surface area contributed by atoms with E-state index in [0.717, 1.165) is 18.7 Å². The van der Waals surface area contributed by atoms with E-state index in [1.165, 1.54) is 14.0 Å². The lowest BCUT2D eigenvalue weighted by molar-refractivity contribution is 0.0274. The Morgan fingerprint density at radius 1 is 1.37 bits per heavy atom. The Morgan fingerprint density at radius 2 is 2.16 bits per heavy atom. The van der Waals surface area contributed by atoms with Crippen molar-refractivity contribution in [2.75, 3.05) is 33.9 Å². The number of alkyl halides is 1. The zero-order chi connectivity index (χ0) is 13.8. The van der Waals surface area contributed by atoms with Crippen molar-refractivity contribution in [1.29, 1.82) is 0 Å². The molecule has 0 bridgehead atoms. The van der Waals surface area contributed by atoms with Gasteiger partial charge in [0.1, 0.15) is 6.17 Å². The number of ether oxygens (including phenoxy) is 3. The van der Waals surface area contributed by atoms with Gasteiger partial charge in [0.25, 0.3) is 0 Å². The molecule has 0 aromatic heterocycles. The third-order valence-electron chi connectivity index (χ3n) is 3.26. The molecule has 2 unspecified atom stereocenters. The molecule has 0 radical (unpaired) electrons. The first kappa shape index (κ1) is 14.1. The highest BCUT2D eigenvalue weighted by Crippen LogP contribution is 2.39. The zero-order valence-corrected chi connectivity index (χ0v) is 11.5. The Balaban J connectivity index is 2.41. The van der Waals surface area contributed by atoms with E-state index in [2.05, 4.69) is 5.32 Å². The lowest BCUT2D eigenvalue weighted by Gasteiger charge is -2.25. The summed E-state index contributed by atoms with van der Waals surface area (Å²) >= 11 is 0. The first-order valence-corrected chi connectivity index (χ1v) is 6.39. The van der Waals surface area contributed by atoms with Crippen LogP contribution >= 0.6 is 0 Å². The quantitative estimate of drug-likeness (QED) is 0.911. The van der Waals surface area contributed by atoms with Crippen molar-refractivity contribution >= 4 is 0 Å². The number of rotatable bonds is 4. The summed E-state index contributed by atoms with van der Waals surface area (Å²) in [6, 6.07) is 3.64. The van der Waals surface area contributed by atoms with Crippen LogP contribution in [0.3, 0.4) is 0 Å². The van der Waals surface area contributed by atoms with Crippen LogP contribution in [0.25, 0.3) is 0 Å². The molecule has 1 saturated heterocycles. The smallest absolute Gasteiger partial charge is 0.166 e. The molecule has 2 rings (SSSR count). The molecular weight excluding hydrogens is 249 g/mol. The van der Waals surface area contributed by atoms with Gasteiger partial charge in [-0.05, 0) is 24.6 Å². The van der Waals surface area contributed by atoms with Gasteiger partial charge in [-0.1, -0.05) is 0 Å². The monoisotopic (exact) mass is 269 g/mol. The highest BCUT2D eigenvalue weighted by Gasteiger charge is 2.22. The Kier molecular flexibility index (Phi) is 4.61. The topological polar surface area (TPSA) is 39.7 Å². The second kappa shape index (κ2) is 6.21. The molecule has 0 aliphatic carbocycles. The summed E-state index contributed by atoms with van der Waals surface area (Å²) in [6.45, 7) is 3.70. The number of benzene rings is 1. The number of hydrogen-bond donors (Lipinski definition) is 1. The maximum Gasteiger partial charge on any atom is 0.166 e. The predicted octanol–water partition coefficient (Wildman–Crippen LogP) is 2.40. The van der Waals surface area contributed by atoms with Gasteiger partial charge in [-0.2, -0.15) is 0 Å². The van der Waals surface area contributed by atoms with Crippen molar-refractivity contribution in [3.05, 3.63) is 23.3 Å². The fraction of sp³-hybridized carbons (Fsp3) is 0.571. The largest absolute Gasteiger partial charge is 0.493 e. The summed E-state index contributed by atoms with van der Waals surface area (Å²) in [4.78, 5) is 0. The van der Waals surface area contributed by atoms with Crippen LogP contribution in [0.4, 0.5) is 4.39 Å². The van der Waals surface area contributed by atoms with Gasteiger partial charge in [0, 0.05) is 18.7 Å². The standard InChI is InChI=1S/C14H20FNO3/c1-9(15)11-6-10(13-8-16-4-5-19-13)7-12(17-2)14(11)18-3/h6-7,9,13,16H,4-5,8H2,1-3H3. The number of methoxy groups -OCH3 is 2. The van der Waals surface area contributed by atoms with Crippen molar-refractivity contribution in [2.45, 2.75) is 19.2 Å². The highest BCUT2D eigenvalue weighted by molar-refractivity contribution is 5.51. The maximum atomic E-state index is 13.8. The van der Waals surface area contributed by atoms with E-state index in [0.29, 0.717) is 23.7 Å². The summed E-state index contributed by atoms with van der Waals surface area (Å²) in [5, 5.41) is 3.26. The maximum absolute atomic E-state index is 13.8. The molecule has 2 atom stereocenters. The van der Waals surface area contributed by atoms with E-state index >= 15 is 0 Å². The van der Waals surface area contributed by atoms with Crippen molar-refractivity contribution in [3.8, 4) is 11.5 Å². The summed E-state index contributed by atoms with van der Waals surface area (Å²) < 4.78 is 30.0. The fourth-order valence-corrected chi connectivity index (χ4v) is 2.28. The molecule has 1 aromatic carbocycles. The minimum Gasteiger partial charge on any atom is -0.493 e. The normalized spacial score (nSPS) is 20.9. The first-order valence-electron chi connectivity index (χ1n) is 6.39. The highest BCUT2D eigenvalue weighted by atomic mass is 19.1. The third-order valence-corrected chi connectivity index (χ3v) is 3.26. The molecule has 0 amide bonds. The van der Waals surface area contributed by atoms with Gasteiger partial charge < -0.3 is 19.5 Å². The van der Waals surface area contributed by atoms with Crippen LogP contribution in [0.2, 0.25) is 0 Å². The molecule has 0 spiro atoms. The van der Waals surface area contributed by atoms with Crippen LogP contribution in [0.1, 0.15) is 30.3 Å². The van der Waals surface area contributed by atoms with Gasteiger partial charge in [-0.15, -0.1) is 0 Å². The minimum absolute atomic E-state index is 0.0777. The Labute approximate surface area is 112 Å². The van der Waals surface area contributed by atoms with E-state index in [9.17, 15) is 4.39 Å². The second-order valence-corrected chi connectivity index (χ2v) is 4.53. The van der Waals surface area contributed by atoms with E-state index < -0.39 is 6.17 Å². The average Bonchev–Trinajstić information content (AvgIpc) is 2.46. The molecule has 4 nitrogen and oxygen atoms in total. The summed E-state index contributed by atoms with van der Waals surface area (Å²) in [6.07, 6.45) is -1.20. The molecule has 1 aliphatic heterocycles. The summed E-state index contributed by atoms with van der Waals surface area (Å²) in [7, 11) is 3.07. The SMILES string of the molecule is COc1cc(C2CNCCO2)cc(C(C)F)c1OC. The van der Waals surface area contributed by atoms with Crippen LogP contribution < -0.4 is 14.8 Å². The molecule has 5 heteroatoms. The van der Waals surface area contributed by atoms with Crippen molar-refractivity contribution in [2.24, 2.45) is 0 Å². The first-order chi connectivity index (χ1) is 9.17. The minimum atomic E-state index is -1.12. The number of morpholine rings is 1. The fourth-order valence-electron chi connectivity index (χ4n) is 2.28. The molecule has 0 saturated carbocycles. The summed E-state index contributed by atoms with van der Waals surface area (Å²) in [5.74, 6) is 0.985. The Hall–Kier alpha value is -1.33. The van der Waals surface area contributed by atoms with Crippen LogP contribution in [-0.4, -0.2) is 33.9 Å².